The number of hydrogen-bond acceptors (Lipinski definition) is 5. The van der Waals surface area contributed by atoms with Crippen LogP contribution in [0.4, 0.5) is 5.95 Å². The van der Waals surface area contributed by atoms with Crippen LogP contribution in [0.3, 0.4) is 0 Å². The monoisotopic (exact) mass is 308 g/mol. The third kappa shape index (κ3) is 3.24. The number of anilines is 1. The van der Waals surface area contributed by atoms with Gasteiger partial charge in [0.25, 0.3) is 0 Å². The number of aliphatic hydroxyl groups is 1. The molecule has 0 aromatic carbocycles. The van der Waals surface area contributed by atoms with Gasteiger partial charge >= 0.3 is 0 Å². The lowest BCUT2D eigenvalue weighted by molar-refractivity contribution is 0.184. The molecule has 6 heteroatoms. The second kappa shape index (κ2) is 5.88. The van der Waals surface area contributed by atoms with Crippen molar-refractivity contribution in [3.8, 4) is 0 Å². The van der Waals surface area contributed by atoms with Crippen molar-refractivity contribution in [2.75, 3.05) is 18.5 Å². The molecule has 0 saturated heterocycles. The lowest BCUT2D eigenvalue weighted by atomic mass is 10.1. The zero-order valence-electron chi connectivity index (χ0n) is 9.86. The molecule has 1 atom stereocenters. The van der Waals surface area contributed by atoms with E-state index >= 15 is 0 Å². The predicted molar refractivity (Wildman–Crippen MR) is 72.2 cm³/mol. The molecule has 0 aliphatic rings. The highest BCUT2D eigenvalue weighted by Crippen LogP contribution is 2.15. The van der Waals surface area contributed by atoms with Gasteiger partial charge in [0.2, 0.25) is 5.95 Å². The summed E-state index contributed by atoms with van der Waals surface area (Å²) in [5.41, 5.74) is 0.779. The first-order chi connectivity index (χ1) is 8.66. The Kier molecular flexibility index (Phi) is 4.22. The maximum atomic E-state index is 10.1. The van der Waals surface area contributed by atoms with Gasteiger partial charge in [-0.05, 0) is 22.0 Å². The molecule has 0 amide bonds. The van der Waals surface area contributed by atoms with Crippen molar-refractivity contribution in [2.45, 2.75) is 6.10 Å². The van der Waals surface area contributed by atoms with Gasteiger partial charge in [-0.1, -0.05) is 6.07 Å². The third-order valence-electron chi connectivity index (χ3n) is 2.46. The van der Waals surface area contributed by atoms with E-state index in [9.17, 15) is 5.11 Å². The summed E-state index contributed by atoms with van der Waals surface area (Å²) >= 11 is 3.28. The number of hydrogen-bond donors (Lipinski definition) is 1. The SMILES string of the molecule is CN(CC(O)c1cccnc1)c1ncc(Br)cn1. The van der Waals surface area contributed by atoms with Crippen molar-refractivity contribution in [3.05, 3.63) is 47.0 Å². The molecule has 0 aliphatic carbocycles. The van der Waals surface area contributed by atoms with Gasteiger partial charge in [-0.15, -0.1) is 0 Å². The standard InChI is InChI=1S/C12H13BrN4O/c1-17(12-15-6-10(13)7-16-12)8-11(18)9-3-2-4-14-5-9/h2-7,11,18H,8H2,1H3. The Morgan fingerprint density at radius 1 is 1.33 bits per heavy atom. The molecule has 0 fully saturated rings. The number of pyridine rings is 1. The maximum absolute atomic E-state index is 10.1. The second-order valence-corrected chi connectivity index (χ2v) is 4.80. The molecule has 18 heavy (non-hydrogen) atoms. The predicted octanol–water partition coefficient (Wildman–Crippen LogP) is 1.80. The summed E-state index contributed by atoms with van der Waals surface area (Å²) in [6.45, 7) is 0.410. The molecule has 0 saturated carbocycles. The molecule has 1 N–H and O–H groups in total. The molecule has 94 valence electrons. The fourth-order valence-corrected chi connectivity index (χ4v) is 1.73. The van der Waals surface area contributed by atoms with Crippen LogP contribution in [-0.4, -0.2) is 33.7 Å². The summed E-state index contributed by atoms with van der Waals surface area (Å²) in [6.07, 6.45) is 6.07. The van der Waals surface area contributed by atoms with Crippen LogP contribution in [0.15, 0.2) is 41.4 Å². The van der Waals surface area contributed by atoms with Crippen LogP contribution in [0, 0.1) is 0 Å². The quantitative estimate of drug-likeness (QED) is 0.933. The van der Waals surface area contributed by atoms with E-state index < -0.39 is 6.10 Å². The van der Waals surface area contributed by atoms with Crippen molar-refractivity contribution < 1.29 is 5.11 Å². The van der Waals surface area contributed by atoms with Crippen molar-refractivity contribution >= 4 is 21.9 Å². The first kappa shape index (κ1) is 12.9. The highest BCUT2D eigenvalue weighted by Gasteiger charge is 2.12. The minimum Gasteiger partial charge on any atom is -0.386 e. The van der Waals surface area contributed by atoms with E-state index in [4.69, 9.17) is 0 Å². The molecular formula is C12H13BrN4O. The van der Waals surface area contributed by atoms with Gasteiger partial charge in [0.05, 0.1) is 17.1 Å². The van der Waals surface area contributed by atoms with E-state index in [2.05, 4.69) is 30.9 Å². The average molecular weight is 309 g/mol. The fourth-order valence-electron chi connectivity index (χ4n) is 1.52. The molecule has 0 bridgehead atoms. The van der Waals surface area contributed by atoms with Crippen LogP contribution in [0.2, 0.25) is 0 Å². The van der Waals surface area contributed by atoms with E-state index in [1.165, 1.54) is 0 Å². The zero-order chi connectivity index (χ0) is 13.0. The molecular weight excluding hydrogens is 296 g/mol. The molecule has 2 rings (SSSR count). The molecule has 0 radical (unpaired) electrons. The molecule has 2 aromatic heterocycles. The number of aromatic nitrogens is 3. The van der Waals surface area contributed by atoms with Crippen molar-refractivity contribution in [3.63, 3.8) is 0 Å². The molecule has 2 heterocycles. The maximum Gasteiger partial charge on any atom is 0.225 e. The fraction of sp³-hybridized carbons (Fsp3) is 0.250. The number of rotatable bonds is 4. The summed E-state index contributed by atoms with van der Waals surface area (Å²) in [6, 6.07) is 3.64. The van der Waals surface area contributed by atoms with Crippen molar-refractivity contribution in [2.24, 2.45) is 0 Å². The summed E-state index contributed by atoms with van der Waals surface area (Å²) in [5, 5.41) is 10.1. The molecule has 1 unspecified atom stereocenters. The highest BCUT2D eigenvalue weighted by atomic mass is 79.9. The van der Waals surface area contributed by atoms with Crippen LogP contribution < -0.4 is 4.90 Å². The van der Waals surface area contributed by atoms with Crippen LogP contribution >= 0.6 is 15.9 Å². The smallest absolute Gasteiger partial charge is 0.225 e. The van der Waals surface area contributed by atoms with Crippen LogP contribution in [0.1, 0.15) is 11.7 Å². The normalized spacial score (nSPS) is 12.2. The Morgan fingerprint density at radius 2 is 2.06 bits per heavy atom. The van der Waals surface area contributed by atoms with Crippen molar-refractivity contribution in [1.29, 1.82) is 0 Å². The van der Waals surface area contributed by atoms with Gasteiger partial charge in [0, 0.05) is 37.4 Å². The molecule has 5 nitrogen and oxygen atoms in total. The summed E-state index contributed by atoms with van der Waals surface area (Å²) in [5.74, 6) is 0.571. The summed E-state index contributed by atoms with van der Waals surface area (Å²) < 4.78 is 0.826. The lowest BCUT2D eigenvalue weighted by Gasteiger charge is -2.20. The Hall–Kier alpha value is -1.53. The van der Waals surface area contributed by atoms with Gasteiger partial charge in [0.1, 0.15) is 0 Å². The topological polar surface area (TPSA) is 62.1 Å². The Labute approximate surface area is 114 Å². The highest BCUT2D eigenvalue weighted by molar-refractivity contribution is 9.10. The van der Waals surface area contributed by atoms with E-state index in [-0.39, 0.29) is 0 Å². The van der Waals surface area contributed by atoms with E-state index in [1.807, 2.05) is 13.1 Å². The lowest BCUT2D eigenvalue weighted by Crippen LogP contribution is -2.25. The second-order valence-electron chi connectivity index (χ2n) is 3.88. The minimum atomic E-state index is -0.615. The number of halogens is 1. The Balaban J connectivity index is 2.03. The molecule has 0 spiro atoms. The first-order valence-electron chi connectivity index (χ1n) is 5.43. The van der Waals surface area contributed by atoms with E-state index in [0.29, 0.717) is 12.5 Å². The average Bonchev–Trinajstić information content (AvgIpc) is 2.40. The van der Waals surface area contributed by atoms with E-state index in [0.717, 1.165) is 10.0 Å². The molecule has 2 aromatic rings. The van der Waals surface area contributed by atoms with Gasteiger partial charge in [-0.2, -0.15) is 0 Å². The van der Waals surface area contributed by atoms with Crippen molar-refractivity contribution in [1.82, 2.24) is 15.0 Å². The van der Waals surface area contributed by atoms with Gasteiger partial charge in [-0.25, -0.2) is 9.97 Å². The van der Waals surface area contributed by atoms with Gasteiger partial charge in [-0.3, -0.25) is 4.98 Å². The van der Waals surface area contributed by atoms with E-state index in [1.54, 1.807) is 35.8 Å². The minimum absolute atomic E-state index is 0.410. The van der Waals surface area contributed by atoms with Gasteiger partial charge < -0.3 is 10.0 Å². The first-order valence-corrected chi connectivity index (χ1v) is 6.23. The van der Waals surface area contributed by atoms with Gasteiger partial charge in [0.15, 0.2) is 0 Å². The largest absolute Gasteiger partial charge is 0.386 e. The molecule has 0 aliphatic heterocycles. The number of nitrogens with zero attached hydrogens (tertiary/aromatic N) is 4. The van der Waals surface area contributed by atoms with Crippen LogP contribution in [-0.2, 0) is 0 Å². The third-order valence-corrected chi connectivity index (χ3v) is 2.87. The Morgan fingerprint density at radius 3 is 2.67 bits per heavy atom. The summed E-state index contributed by atoms with van der Waals surface area (Å²) in [7, 11) is 1.84. The number of likely N-dealkylation sites (N-methyl/N-ethyl adjacent to an activating group) is 1. The zero-order valence-corrected chi connectivity index (χ0v) is 11.4. The number of aliphatic hydroxyl groups excluding tert-OH is 1. The van der Waals surface area contributed by atoms with Crippen LogP contribution in [0.5, 0.6) is 0 Å². The van der Waals surface area contributed by atoms with Crippen LogP contribution in [0.25, 0.3) is 0 Å². The Bertz CT molecular complexity index is 491. The summed E-state index contributed by atoms with van der Waals surface area (Å²) in [4.78, 5) is 14.1.